The maximum atomic E-state index is 5.40. The standard InChI is InChI=1S/C15H24N2O/c1-13-11-16-8-10-17(12-13)9-7-14-5-3-4-6-15(14)18-2/h3-6,13,16H,7-12H2,1-2H3. The smallest absolute Gasteiger partial charge is 0.122 e. The Kier molecular flexibility index (Phi) is 5.02. The van der Waals surface area contributed by atoms with Crippen LogP contribution in [0.4, 0.5) is 0 Å². The van der Waals surface area contributed by atoms with Crippen molar-refractivity contribution in [3.63, 3.8) is 0 Å². The van der Waals surface area contributed by atoms with Crippen molar-refractivity contribution < 1.29 is 4.74 Å². The molecule has 1 aliphatic heterocycles. The van der Waals surface area contributed by atoms with Crippen LogP contribution in [-0.4, -0.2) is 44.7 Å². The molecule has 18 heavy (non-hydrogen) atoms. The van der Waals surface area contributed by atoms with Gasteiger partial charge in [0.25, 0.3) is 0 Å². The number of methoxy groups -OCH3 is 1. The summed E-state index contributed by atoms with van der Waals surface area (Å²) in [7, 11) is 1.75. The van der Waals surface area contributed by atoms with Crippen molar-refractivity contribution in [2.75, 3.05) is 39.8 Å². The summed E-state index contributed by atoms with van der Waals surface area (Å²) >= 11 is 0. The first kappa shape index (κ1) is 13.4. The molecular formula is C15H24N2O. The summed E-state index contributed by atoms with van der Waals surface area (Å²) in [5.74, 6) is 1.75. The van der Waals surface area contributed by atoms with Gasteiger partial charge in [-0.15, -0.1) is 0 Å². The minimum absolute atomic E-state index is 0.741. The minimum atomic E-state index is 0.741. The fraction of sp³-hybridized carbons (Fsp3) is 0.600. The molecule has 1 atom stereocenters. The molecule has 0 spiro atoms. The van der Waals surface area contributed by atoms with Crippen LogP contribution in [0.25, 0.3) is 0 Å². The van der Waals surface area contributed by atoms with Crippen LogP contribution in [0.5, 0.6) is 5.75 Å². The first-order chi connectivity index (χ1) is 8.79. The molecule has 2 rings (SSSR count). The predicted molar refractivity (Wildman–Crippen MR) is 75.2 cm³/mol. The Bertz CT molecular complexity index is 367. The van der Waals surface area contributed by atoms with E-state index < -0.39 is 0 Å². The SMILES string of the molecule is COc1ccccc1CCN1CCNCC(C)C1. The number of nitrogens with zero attached hydrogens (tertiary/aromatic N) is 1. The topological polar surface area (TPSA) is 24.5 Å². The fourth-order valence-electron chi connectivity index (χ4n) is 2.57. The summed E-state index contributed by atoms with van der Waals surface area (Å²) in [6, 6.07) is 8.32. The largest absolute Gasteiger partial charge is 0.496 e. The monoisotopic (exact) mass is 248 g/mol. The van der Waals surface area contributed by atoms with Gasteiger partial charge in [-0.1, -0.05) is 25.1 Å². The van der Waals surface area contributed by atoms with Crippen LogP contribution in [0.2, 0.25) is 0 Å². The summed E-state index contributed by atoms with van der Waals surface area (Å²) in [4.78, 5) is 2.55. The second-order valence-electron chi connectivity index (χ2n) is 5.17. The fourth-order valence-corrected chi connectivity index (χ4v) is 2.57. The average Bonchev–Trinajstić information content (AvgIpc) is 2.61. The minimum Gasteiger partial charge on any atom is -0.496 e. The molecule has 1 unspecified atom stereocenters. The summed E-state index contributed by atoms with van der Waals surface area (Å²) in [6.07, 6.45) is 1.07. The van der Waals surface area contributed by atoms with Crippen molar-refractivity contribution in [3.05, 3.63) is 29.8 Å². The number of hydrogen-bond acceptors (Lipinski definition) is 3. The molecule has 1 N–H and O–H groups in total. The number of benzene rings is 1. The Morgan fingerprint density at radius 2 is 2.22 bits per heavy atom. The molecule has 0 aromatic heterocycles. The van der Waals surface area contributed by atoms with Gasteiger partial charge in [0.1, 0.15) is 5.75 Å². The molecule has 1 aromatic carbocycles. The molecular weight excluding hydrogens is 224 g/mol. The van der Waals surface area contributed by atoms with Crippen LogP contribution in [-0.2, 0) is 6.42 Å². The summed E-state index contributed by atoms with van der Waals surface area (Å²) in [5.41, 5.74) is 1.31. The zero-order valence-corrected chi connectivity index (χ0v) is 11.5. The van der Waals surface area contributed by atoms with E-state index in [9.17, 15) is 0 Å². The highest BCUT2D eigenvalue weighted by atomic mass is 16.5. The molecule has 0 radical (unpaired) electrons. The number of ether oxygens (including phenoxy) is 1. The van der Waals surface area contributed by atoms with E-state index in [1.54, 1.807) is 7.11 Å². The van der Waals surface area contributed by atoms with Gasteiger partial charge in [0.15, 0.2) is 0 Å². The third-order valence-electron chi connectivity index (χ3n) is 3.56. The number of rotatable bonds is 4. The number of para-hydroxylation sites is 1. The van der Waals surface area contributed by atoms with E-state index in [4.69, 9.17) is 4.74 Å². The second-order valence-corrected chi connectivity index (χ2v) is 5.17. The summed E-state index contributed by atoms with van der Waals surface area (Å²) < 4.78 is 5.40. The van der Waals surface area contributed by atoms with Gasteiger partial charge in [0, 0.05) is 26.2 Å². The van der Waals surface area contributed by atoms with E-state index >= 15 is 0 Å². The normalized spacial score (nSPS) is 21.6. The van der Waals surface area contributed by atoms with Crippen molar-refractivity contribution >= 4 is 0 Å². The van der Waals surface area contributed by atoms with Gasteiger partial charge in [-0.2, -0.15) is 0 Å². The predicted octanol–water partition coefficient (Wildman–Crippen LogP) is 1.78. The Morgan fingerprint density at radius 3 is 3.06 bits per heavy atom. The zero-order chi connectivity index (χ0) is 12.8. The van der Waals surface area contributed by atoms with Crippen molar-refractivity contribution in [1.29, 1.82) is 0 Å². The third kappa shape index (κ3) is 3.72. The van der Waals surface area contributed by atoms with E-state index in [2.05, 4.69) is 29.3 Å². The highest BCUT2D eigenvalue weighted by Crippen LogP contribution is 2.18. The third-order valence-corrected chi connectivity index (χ3v) is 3.56. The lowest BCUT2D eigenvalue weighted by Crippen LogP contribution is -2.31. The molecule has 100 valence electrons. The van der Waals surface area contributed by atoms with Crippen LogP contribution in [0.1, 0.15) is 12.5 Å². The molecule has 1 aromatic rings. The first-order valence-corrected chi connectivity index (χ1v) is 6.84. The van der Waals surface area contributed by atoms with Crippen LogP contribution >= 0.6 is 0 Å². The zero-order valence-electron chi connectivity index (χ0n) is 11.5. The van der Waals surface area contributed by atoms with E-state index in [1.807, 2.05) is 12.1 Å². The van der Waals surface area contributed by atoms with Crippen molar-refractivity contribution in [3.8, 4) is 5.75 Å². The van der Waals surface area contributed by atoms with Crippen molar-refractivity contribution in [2.24, 2.45) is 5.92 Å². The van der Waals surface area contributed by atoms with Crippen molar-refractivity contribution in [2.45, 2.75) is 13.3 Å². The van der Waals surface area contributed by atoms with Crippen LogP contribution in [0.15, 0.2) is 24.3 Å². The molecule has 1 fully saturated rings. The quantitative estimate of drug-likeness (QED) is 0.879. The van der Waals surface area contributed by atoms with E-state index in [0.29, 0.717) is 0 Å². The maximum absolute atomic E-state index is 5.40. The number of nitrogens with one attached hydrogen (secondary N) is 1. The Balaban J connectivity index is 1.90. The van der Waals surface area contributed by atoms with Gasteiger partial charge in [-0.25, -0.2) is 0 Å². The van der Waals surface area contributed by atoms with Crippen LogP contribution in [0.3, 0.4) is 0 Å². The lowest BCUT2D eigenvalue weighted by atomic mass is 10.1. The maximum Gasteiger partial charge on any atom is 0.122 e. The van der Waals surface area contributed by atoms with Gasteiger partial charge in [0.05, 0.1) is 7.11 Å². The highest BCUT2D eigenvalue weighted by molar-refractivity contribution is 5.33. The second kappa shape index (κ2) is 6.76. The molecule has 0 amide bonds. The van der Waals surface area contributed by atoms with E-state index in [-0.39, 0.29) is 0 Å². The molecule has 1 heterocycles. The highest BCUT2D eigenvalue weighted by Gasteiger charge is 2.14. The molecule has 3 nitrogen and oxygen atoms in total. The molecule has 1 aliphatic rings. The van der Waals surface area contributed by atoms with Crippen molar-refractivity contribution in [1.82, 2.24) is 10.2 Å². The molecule has 0 bridgehead atoms. The van der Waals surface area contributed by atoms with Crippen LogP contribution < -0.4 is 10.1 Å². The first-order valence-electron chi connectivity index (χ1n) is 6.84. The van der Waals surface area contributed by atoms with Gasteiger partial charge in [0.2, 0.25) is 0 Å². The van der Waals surface area contributed by atoms with Gasteiger partial charge < -0.3 is 15.0 Å². The van der Waals surface area contributed by atoms with Gasteiger partial charge >= 0.3 is 0 Å². The number of hydrogen-bond donors (Lipinski definition) is 1. The van der Waals surface area contributed by atoms with E-state index in [1.165, 1.54) is 12.1 Å². The Hall–Kier alpha value is -1.06. The average molecular weight is 248 g/mol. The molecule has 1 saturated heterocycles. The van der Waals surface area contributed by atoms with Gasteiger partial charge in [-0.3, -0.25) is 0 Å². The Labute approximate surface area is 110 Å². The summed E-state index contributed by atoms with van der Waals surface area (Å²) in [5, 5.41) is 3.48. The Morgan fingerprint density at radius 1 is 1.39 bits per heavy atom. The van der Waals surface area contributed by atoms with Crippen LogP contribution in [0, 0.1) is 5.92 Å². The lowest BCUT2D eigenvalue weighted by molar-refractivity contribution is 0.267. The van der Waals surface area contributed by atoms with Gasteiger partial charge in [-0.05, 0) is 30.5 Å². The molecule has 3 heteroatoms. The lowest BCUT2D eigenvalue weighted by Gasteiger charge is -2.22. The summed E-state index contributed by atoms with van der Waals surface area (Å²) in [6.45, 7) is 8.03. The van der Waals surface area contributed by atoms with E-state index in [0.717, 1.165) is 44.3 Å². The molecule has 0 aliphatic carbocycles. The molecule has 0 saturated carbocycles.